The van der Waals surface area contributed by atoms with Gasteiger partial charge in [-0.2, -0.15) is 5.10 Å². The van der Waals surface area contributed by atoms with Gasteiger partial charge in [-0.1, -0.05) is 50.0 Å². The zero-order valence-electron chi connectivity index (χ0n) is 19.7. The number of aromatic nitrogens is 2. The molecule has 1 aliphatic rings. The average Bonchev–Trinajstić information content (AvgIpc) is 3.13. The summed E-state index contributed by atoms with van der Waals surface area (Å²) in [6.45, 7) is 8.03. The molecule has 2 amide bonds. The van der Waals surface area contributed by atoms with Crippen molar-refractivity contribution >= 4 is 58.6 Å². The molecule has 7 nitrogen and oxygen atoms in total. The summed E-state index contributed by atoms with van der Waals surface area (Å²) in [4.78, 5) is 27.4. The third-order valence-corrected chi connectivity index (χ3v) is 7.77. The highest BCUT2D eigenvalue weighted by molar-refractivity contribution is 6.76. The van der Waals surface area contributed by atoms with Gasteiger partial charge in [-0.3, -0.25) is 14.5 Å². The zero-order valence-corrected chi connectivity index (χ0v) is 20.7. The van der Waals surface area contributed by atoms with Crippen LogP contribution in [0.3, 0.4) is 0 Å². The van der Waals surface area contributed by atoms with Crippen molar-refractivity contribution in [1.29, 1.82) is 0 Å². The predicted molar refractivity (Wildman–Crippen MR) is 138 cm³/mol. The molecule has 0 atom stereocenters. The summed E-state index contributed by atoms with van der Waals surface area (Å²) in [5, 5.41) is 10.3. The van der Waals surface area contributed by atoms with Gasteiger partial charge in [-0.25, -0.2) is 4.68 Å². The first-order valence-corrected chi connectivity index (χ1v) is 15.2. The Kier molecular flexibility index (Phi) is 5.71. The SMILES string of the molecule is C[Si](C)(C)CCOCn1ncc2ccc(N3C(=O)CC(=O)Nc4c3ccc3ccccc43)cc21. The maximum Gasteiger partial charge on any atom is 0.241 e. The third kappa shape index (κ3) is 4.34. The molecule has 1 N–H and O–H groups in total. The number of fused-ring (bicyclic) bond motifs is 4. The zero-order chi connectivity index (χ0) is 23.9. The fourth-order valence-corrected chi connectivity index (χ4v) is 4.98. The molecule has 0 fully saturated rings. The Labute approximate surface area is 199 Å². The topological polar surface area (TPSA) is 76.5 Å². The minimum atomic E-state index is -1.17. The van der Waals surface area contributed by atoms with Crippen LogP contribution in [0.5, 0.6) is 0 Å². The molecule has 0 spiro atoms. The molecule has 0 bridgehead atoms. The number of ether oxygens (including phenoxy) is 1. The number of carbonyl (C=O) groups is 2. The Hall–Kier alpha value is -3.49. The van der Waals surface area contributed by atoms with Crippen LogP contribution in [0.15, 0.2) is 60.8 Å². The molecule has 0 aliphatic carbocycles. The van der Waals surface area contributed by atoms with Crippen LogP contribution in [0, 0.1) is 0 Å². The van der Waals surface area contributed by atoms with Crippen molar-refractivity contribution in [3.05, 3.63) is 60.8 Å². The average molecular weight is 473 g/mol. The molecule has 8 heteroatoms. The van der Waals surface area contributed by atoms with Gasteiger partial charge in [0.1, 0.15) is 13.2 Å². The van der Waals surface area contributed by atoms with Gasteiger partial charge >= 0.3 is 0 Å². The number of benzene rings is 3. The number of nitrogens with zero attached hydrogens (tertiary/aromatic N) is 3. The van der Waals surface area contributed by atoms with Gasteiger partial charge in [0.2, 0.25) is 11.8 Å². The minimum absolute atomic E-state index is 0.222. The van der Waals surface area contributed by atoms with E-state index in [1.165, 1.54) is 0 Å². The lowest BCUT2D eigenvalue weighted by Gasteiger charge is -2.23. The van der Waals surface area contributed by atoms with Crippen molar-refractivity contribution in [3.63, 3.8) is 0 Å². The van der Waals surface area contributed by atoms with Crippen molar-refractivity contribution in [2.24, 2.45) is 0 Å². The molecular formula is C26H28N4O3Si. The van der Waals surface area contributed by atoms with Crippen LogP contribution in [0.1, 0.15) is 6.42 Å². The fraction of sp³-hybridized carbons (Fsp3) is 0.269. The van der Waals surface area contributed by atoms with Gasteiger partial charge in [0.15, 0.2) is 0 Å². The van der Waals surface area contributed by atoms with E-state index >= 15 is 0 Å². The predicted octanol–water partition coefficient (Wildman–Crippen LogP) is 5.51. The quantitative estimate of drug-likeness (QED) is 0.228. The molecule has 4 aromatic rings. The number of hydrogen-bond acceptors (Lipinski definition) is 4. The first kappa shape index (κ1) is 22.3. The number of hydrogen-bond donors (Lipinski definition) is 1. The normalized spacial score (nSPS) is 14.4. The largest absolute Gasteiger partial charge is 0.360 e. The van der Waals surface area contributed by atoms with E-state index in [0.717, 1.165) is 27.7 Å². The summed E-state index contributed by atoms with van der Waals surface area (Å²) in [6.07, 6.45) is 1.58. The lowest BCUT2D eigenvalue weighted by molar-refractivity contribution is -0.124. The van der Waals surface area contributed by atoms with Gasteiger partial charge in [-0.15, -0.1) is 0 Å². The summed E-state index contributed by atoms with van der Waals surface area (Å²) in [5.74, 6) is -0.588. The molecule has 34 heavy (non-hydrogen) atoms. The highest BCUT2D eigenvalue weighted by Gasteiger charge is 2.29. The number of nitrogens with one attached hydrogen (secondary N) is 1. The van der Waals surface area contributed by atoms with Gasteiger partial charge in [0, 0.05) is 25.5 Å². The van der Waals surface area contributed by atoms with E-state index in [0.29, 0.717) is 30.4 Å². The van der Waals surface area contributed by atoms with E-state index in [9.17, 15) is 9.59 Å². The van der Waals surface area contributed by atoms with Gasteiger partial charge in [0.25, 0.3) is 0 Å². The van der Waals surface area contributed by atoms with Gasteiger partial charge in [-0.05, 0) is 35.7 Å². The molecule has 0 unspecified atom stereocenters. The molecule has 0 saturated heterocycles. The van der Waals surface area contributed by atoms with E-state index in [1.54, 1.807) is 11.1 Å². The van der Waals surface area contributed by atoms with Gasteiger partial charge in [0.05, 0.1) is 28.8 Å². The van der Waals surface area contributed by atoms with E-state index < -0.39 is 8.07 Å². The third-order valence-electron chi connectivity index (χ3n) is 6.07. The van der Waals surface area contributed by atoms with E-state index in [1.807, 2.05) is 59.3 Å². The Bertz CT molecular complexity index is 1410. The molecule has 0 radical (unpaired) electrons. The minimum Gasteiger partial charge on any atom is -0.360 e. The van der Waals surface area contributed by atoms with Crippen LogP contribution in [0.4, 0.5) is 17.1 Å². The Balaban J connectivity index is 1.53. The highest BCUT2D eigenvalue weighted by atomic mass is 28.3. The van der Waals surface area contributed by atoms with Crippen molar-refractivity contribution < 1.29 is 14.3 Å². The number of anilines is 3. The lowest BCUT2D eigenvalue weighted by Crippen LogP contribution is -2.26. The maximum atomic E-state index is 13.2. The standard InChI is InChI=1S/C26H28N4O3Si/c1-34(2,3)13-12-33-17-29-23-14-20(10-8-19(23)16-27-29)30-22-11-9-18-6-4-5-7-21(18)26(22)28-24(31)15-25(30)32/h4-11,14,16H,12-13,15,17H2,1-3H3,(H,28,31). The monoisotopic (exact) mass is 472 g/mol. The number of amides is 2. The Morgan fingerprint density at radius 1 is 1.03 bits per heavy atom. The van der Waals surface area contributed by atoms with E-state index in [4.69, 9.17) is 4.74 Å². The second-order valence-corrected chi connectivity index (χ2v) is 15.5. The summed E-state index contributed by atoms with van der Waals surface area (Å²) in [7, 11) is -1.17. The Morgan fingerprint density at radius 3 is 2.65 bits per heavy atom. The molecule has 1 aromatic heterocycles. The second-order valence-electron chi connectivity index (χ2n) is 9.87. The van der Waals surface area contributed by atoms with Crippen molar-refractivity contribution in [3.8, 4) is 0 Å². The first-order chi connectivity index (χ1) is 16.3. The van der Waals surface area contributed by atoms with Crippen LogP contribution in [0.2, 0.25) is 25.7 Å². The first-order valence-electron chi connectivity index (χ1n) is 11.5. The van der Waals surface area contributed by atoms with Crippen molar-refractivity contribution in [1.82, 2.24) is 9.78 Å². The van der Waals surface area contributed by atoms with Crippen LogP contribution < -0.4 is 10.2 Å². The second kappa shape index (κ2) is 8.70. The molecule has 5 rings (SSSR count). The molecule has 2 heterocycles. The highest BCUT2D eigenvalue weighted by Crippen LogP contribution is 2.40. The maximum absolute atomic E-state index is 13.2. The summed E-state index contributed by atoms with van der Waals surface area (Å²) >= 11 is 0. The van der Waals surface area contributed by atoms with Crippen LogP contribution in [-0.4, -0.2) is 36.3 Å². The summed E-state index contributed by atoms with van der Waals surface area (Å²) < 4.78 is 7.72. The van der Waals surface area contributed by atoms with Crippen molar-refractivity contribution in [2.75, 3.05) is 16.8 Å². The smallest absolute Gasteiger partial charge is 0.241 e. The molecule has 1 aliphatic heterocycles. The van der Waals surface area contributed by atoms with E-state index in [2.05, 4.69) is 30.1 Å². The van der Waals surface area contributed by atoms with Crippen LogP contribution >= 0.6 is 0 Å². The van der Waals surface area contributed by atoms with Crippen LogP contribution in [-0.2, 0) is 21.1 Å². The summed E-state index contributed by atoms with van der Waals surface area (Å²) in [6, 6.07) is 18.6. The summed E-state index contributed by atoms with van der Waals surface area (Å²) in [5.41, 5.74) is 2.88. The molecule has 0 saturated carbocycles. The lowest BCUT2D eigenvalue weighted by atomic mass is 10.1. The van der Waals surface area contributed by atoms with E-state index in [-0.39, 0.29) is 18.2 Å². The Morgan fingerprint density at radius 2 is 1.82 bits per heavy atom. The van der Waals surface area contributed by atoms with Crippen molar-refractivity contribution in [2.45, 2.75) is 38.8 Å². The number of rotatable bonds is 6. The molecular weight excluding hydrogens is 444 g/mol. The number of carbonyl (C=O) groups excluding carboxylic acids is 2. The van der Waals surface area contributed by atoms with Crippen LogP contribution in [0.25, 0.3) is 21.7 Å². The molecule has 3 aromatic carbocycles. The van der Waals surface area contributed by atoms with Gasteiger partial charge < -0.3 is 10.1 Å². The molecule has 174 valence electrons. The fourth-order valence-electron chi connectivity index (χ4n) is 4.23.